The first-order chi connectivity index (χ1) is 17.5. The Balaban J connectivity index is 1.48. The molecular weight excluding hydrogens is 468 g/mol. The van der Waals surface area contributed by atoms with Gasteiger partial charge in [0, 0.05) is 11.6 Å². The van der Waals surface area contributed by atoms with Gasteiger partial charge in [-0.05, 0) is 56.9 Å². The van der Waals surface area contributed by atoms with Crippen molar-refractivity contribution < 1.29 is 24.5 Å². The Bertz CT molecular complexity index is 1080. The van der Waals surface area contributed by atoms with Crippen molar-refractivity contribution in [1.29, 1.82) is 0 Å². The molecule has 7 nitrogen and oxygen atoms in total. The van der Waals surface area contributed by atoms with Gasteiger partial charge in [-0.3, -0.25) is 0 Å². The number of aliphatic hydroxyl groups is 2. The number of nitrogens with one attached hydrogen (secondary N) is 2. The molecule has 0 aliphatic heterocycles. The van der Waals surface area contributed by atoms with Gasteiger partial charge in [0.25, 0.3) is 0 Å². The molecule has 200 valence electrons. The molecule has 7 heteroatoms. The molecular formula is C30H40N2O5. The number of carbonyl (C=O) groups excluding carboxylic acids is 1. The van der Waals surface area contributed by atoms with Crippen molar-refractivity contribution >= 4 is 6.09 Å². The number of hydrogen-bond donors (Lipinski definition) is 4. The molecule has 2 aromatic carbocycles. The summed E-state index contributed by atoms with van der Waals surface area (Å²) in [7, 11) is 0. The quantitative estimate of drug-likeness (QED) is 0.351. The lowest BCUT2D eigenvalue weighted by Gasteiger charge is -2.36. The van der Waals surface area contributed by atoms with Gasteiger partial charge < -0.3 is 30.3 Å². The molecule has 1 aliphatic rings. The van der Waals surface area contributed by atoms with Gasteiger partial charge in [0.05, 0.1) is 19.3 Å². The van der Waals surface area contributed by atoms with Crippen LogP contribution in [-0.4, -0.2) is 53.0 Å². The van der Waals surface area contributed by atoms with Crippen LogP contribution in [0.3, 0.4) is 0 Å². The molecule has 2 aromatic rings. The fraction of sp³-hybridized carbons (Fsp3) is 0.433. The zero-order valence-corrected chi connectivity index (χ0v) is 22.4. The fourth-order valence-corrected chi connectivity index (χ4v) is 3.97. The highest BCUT2D eigenvalue weighted by Crippen LogP contribution is 2.22. The third kappa shape index (κ3) is 8.45. The highest BCUT2D eigenvalue weighted by molar-refractivity contribution is 5.69. The fourth-order valence-electron chi connectivity index (χ4n) is 3.97. The molecule has 0 fully saturated rings. The summed E-state index contributed by atoms with van der Waals surface area (Å²) in [5, 5.41) is 26.1. The number of carbonyl (C=O) groups is 1. The maximum Gasteiger partial charge on any atom is 0.408 e. The van der Waals surface area contributed by atoms with E-state index in [1.807, 2.05) is 43.4 Å². The Morgan fingerprint density at radius 3 is 2.27 bits per heavy atom. The van der Waals surface area contributed by atoms with E-state index in [9.17, 15) is 15.0 Å². The van der Waals surface area contributed by atoms with Crippen LogP contribution in [0.4, 0.5) is 4.79 Å². The van der Waals surface area contributed by atoms with E-state index in [-0.39, 0.29) is 12.0 Å². The summed E-state index contributed by atoms with van der Waals surface area (Å²) in [5.74, 6) is 0.0688. The zero-order valence-electron chi connectivity index (χ0n) is 22.4. The lowest BCUT2D eigenvalue weighted by Crippen LogP contribution is -2.62. The van der Waals surface area contributed by atoms with Crippen LogP contribution >= 0.6 is 0 Å². The predicted octanol–water partition coefficient (Wildman–Crippen LogP) is 4.55. The molecule has 0 saturated carbocycles. The number of hydrogen-bond acceptors (Lipinski definition) is 6. The van der Waals surface area contributed by atoms with Gasteiger partial charge in [0.1, 0.15) is 17.4 Å². The second kappa shape index (κ2) is 12.4. The van der Waals surface area contributed by atoms with Crippen LogP contribution in [0.5, 0.6) is 0 Å². The number of amides is 1. The van der Waals surface area contributed by atoms with E-state index in [1.54, 1.807) is 27.7 Å². The highest BCUT2D eigenvalue weighted by Gasteiger charge is 2.36. The molecule has 37 heavy (non-hydrogen) atoms. The summed E-state index contributed by atoms with van der Waals surface area (Å²) in [4.78, 5) is 12.2. The van der Waals surface area contributed by atoms with Crippen molar-refractivity contribution in [2.75, 3.05) is 13.2 Å². The van der Waals surface area contributed by atoms with Crippen molar-refractivity contribution in [3.8, 4) is 11.1 Å². The topological polar surface area (TPSA) is 100 Å². The van der Waals surface area contributed by atoms with E-state index in [0.717, 1.165) is 6.42 Å². The van der Waals surface area contributed by atoms with Crippen LogP contribution in [0.2, 0.25) is 0 Å². The monoisotopic (exact) mass is 508 g/mol. The number of alkyl carbamates (subject to hydrolysis) is 1. The maximum absolute atomic E-state index is 12.2. The summed E-state index contributed by atoms with van der Waals surface area (Å²) in [5.41, 5.74) is 2.26. The average Bonchev–Trinajstić information content (AvgIpc) is 2.85. The Morgan fingerprint density at radius 2 is 1.68 bits per heavy atom. The Hall–Kier alpha value is -3.13. The standard InChI is InChI=1S/C30H40N2O5/c1-21-19-25(31-27(34)30(5,20-33)32-28(35)37-29(2,3)4)15-16-26(21)36-18-17-22-11-13-24(14-12-22)23-9-7-6-8-10-23/h6-16,19,21,26-27,31,33-34H,17-18,20H2,1-5H3,(H,32,35)/t21?,26?,27?,30-/m0/s1. The Labute approximate surface area is 220 Å². The smallest absolute Gasteiger partial charge is 0.408 e. The van der Waals surface area contributed by atoms with Crippen LogP contribution in [0.25, 0.3) is 11.1 Å². The first kappa shape index (κ1) is 28.4. The third-order valence-electron chi connectivity index (χ3n) is 6.21. The van der Waals surface area contributed by atoms with Gasteiger partial charge in [0.15, 0.2) is 0 Å². The lowest BCUT2D eigenvalue weighted by molar-refractivity contribution is -0.00261. The number of aliphatic hydroxyl groups excluding tert-OH is 2. The van der Waals surface area contributed by atoms with E-state index < -0.39 is 30.1 Å². The number of ether oxygens (including phenoxy) is 2. The number of benzene rings is 2. The average molecular weight is 509 g/mol. The Kier molecular flexibility index (Phi) is 9.54. The lowest BCUT2D eigenvalue weighted by atomic mass is 9.96. The van der Waals surface area contributed by atoms with Crippen molar-refractivity contribution in [3.63, 3.8) is 0 Å². The van der Waals surface area contributed by atoms with E-state index in [4.69, 9.17) is 9.47 Å². The van der Waals surface area contributed by atoms with Crippen LogP contribution in [-0.2, 0) is 15.9 Å². The minimum Gasteiger partial charge on any atom is -0.444 e. The molecule has 4 N–H and O–H groups in total. The summed E-state index contributed by atoms with van der Waals surface area (Å²) < 4.78 is 11.4. The third-order valence-corrected chi connectivity index (χ3v) is 6.21. The minimum absolute atomic E-state index is 0.0688. The minimum atomic E-state index is -1.34. The van der Waals surface area contributed by atoms with E-state index in [0.29, 0.717) is 12.3 Å². The second-order valence-electron chi connectivity index (χ2n) is 10.7. The zero-order chi connectivity index (χ0) is 27.1. The van der Waals surface area contributed by atoms with Crippen molar-refractivity contribution in [2.24, 2.45) is 5.92 Å². The Morgan fingerprint density at radius 1 is 1.03 bits per heavy atom. The maximum atomic E-state index is 12.2. The summed E-state index contributed by atoms with van der Waals surface area (Å²) in [6.07, 6.45) is 4.52. The molecule has 0 heterocycles. The molecule has 1 aliphatic carbocycles. The van der Waals surface area contributed by atoms with E-state index in [2.05, 4.69) is 47.0 Å². The van der Waals surface area contributed by atoms with Crippen LogP contribution in [0.1, 0.15) is 40.2 Å². The number of rotatable bonds is 10. The molecule has 0 aromatic heterocycles. The first-order valence-electron chi connectivity index (χ1n) is 12.7. The SMILES string of the molecule is CC1C=C(NC(O)[C@](C)(CO)NC(=O)OC(C)(C)C)C=CC1OCCc1ccc(-c2ccccc2)cc1. The molecule has 0 radical (unpaired) electrons. The summed E-state index contributed by atoms with van der Waals surface area (Å²) in [6.45, 7) is 8.94. The normalized spacial score (nSPS) is 19.9. The van der Waals surface area contributed by atoms with Crippen LogP contribution in [0, 0.1) is 5.92 Å². The van der Waals surface area contributed by atoms with Crippen LogP contribution in [0.15, 0.2) is 78.5 Å². The van der Waals surface area contributed by atoms with Crippen LogP contribution < -0.4 is 10.6 Å². The van der Waals surface area contributed by atoms with Crippen molar-refractivity contribution in [1.82, 2.24) is 10.6 Å². The van der Waals surface area contributed by atoms with Gasteiger partial charge in [-0.25, -0.2) is 4.79 Å². The van der Waals surface area contributed by atoms with Gasteiger partial charge >= 0.3 is 6.09 Å². The predicted molar refractivity (Wildman–Crippen MR) is 146 cm³/mol. The second-order valence-corrected chi connectivity index (χ2v) is 10.7. The van der Waals surface area contributed by atoms with E-state index in [1.165, 1.54) is 16.7 Å². The largest absolute Gasteiger partial charge is 0.444 e. The highest BCUT2D eigenvalue weighted by atomic mass is 16.6. The van der Waals surface area contributed by atoms with Gasteiger partial charge in [-0.1, -0.05) is 73.7 Å². The first-order valence-corrected chi connectivity index (χ1v) is 12.7. The molecule has 3 rings (SSSR count). The molecule has 1 amide bonds. The van der Waals surface area contributed by atoms with Gasteiger partial charge in [-0.2, -0.15) is 0 Å². The molecule has 4 atom stereocenters. The summed E-state index contributed by atoms with van der Waals surface area (Å²) in [6, 6.07) is 18.9. The molecule has 0 bridgehead atoms. The van der Waals surface area contributed by atoms with Gasteiger partial charge in [0.2, 0.25) is 0 Å². The van der Waals surface area contributed by atoms with E-state index >= 15 is 0 Å². The van der Waals surface area contributed by atoms with Crippen molar-refractivity contribution in [2.45, 2.75) is 64.5 Å². The molecule has 0 saturated heterocycles. The molecule has 3 unspecified atom stereocenters. The molecule has 0 spiro atoms. The van der Waals surface area contributed by atoms with Crippen molar-refractivity contribution in [3.05, 3.63) is 84.1 Å². The van der Waals surface area contributed by atoms with Gasteiger partial charge in [-0.15, -0.1) is 0 Å². The number of allylic oxidation sites excluding steroid dienone is 1. The summed E-state index contributed by atoms with van der Waals surface area (Å²) >= 11 is 0.